The summed E-state index contributed by atoms with van der Waals surface area (Å²) in [6, 6.07) is 13.8. The summed E-state index contributed by atoms with van der Waals surface area (Å²) in [5, 5.41) is 10.5. The summed E-state index contributed by atoms with van der Waals surface area (Å²) in [5.74, 6) is -0.288. The maximum atomic E-state index is 12.5. The molecule has 0 bridgehead atoms. The molecule has 0 unspecified atom stereocenters. The Balaban J connectivity index is 1.69. The standard InChI is InChI=1S/C19H22N4O3S/c1-13(2)23(3)27(25,26)15-10-8-14(9-11-15)12-20-19(24)18-16-6-4-5-7-17(16)21-22-18/h4-11,13H,12H2,1-3H3,(H,20,24)(H,21,22). The van der Waals surface area contributed by atoms with Crippen molar-refractivity contribution < 1.29 is 13.2 Å². The van der Waals surface area contributed by atoms with Gasteiger partial charge in [-0.15, -0.1) is 0 Å². The molecule has 8 heteroatoms. The lowest BCUT2D eigenvalue weighted by atomic mass is 10.2. The predicted molar refractivity (Wildman–Crippen MR) is 104 cm³/mol. The summed E-state index contributed by atoms with van der Waals surface area (Å²) in [6.07, 6.45) is 0. The lowest BCUT2D eigenvalue weighted by Gasteiger charge is -2.21. The fraction of sp³-hybridized carbons (Fsp3) is 0.263. The van der Waals surface area contributed by atoms with Gasteiger partial charge in [0.1, 0.15) is 0 Å². The van der Waals surface area contributed by atoms with E-state index in [9.17, 15) is 13.2 Å². The van der Waals surface area contributed by atoms with Gasteiger partial charge >= 0.3 is 0 Å². The number of fused-ring (bicyclic) bond motifs is 1. The van der Waals surface area contributed by atoms with Gasteiger partial charge in [0.05, 0.1) is 10.4 Å². The first kappa shape index (κ1) is 19.1. The van der Waals surface area contributed by atoms with Crippen LogP contribution in [0.3, 0.4) is 0 Å². The van der Waals surface area contributed by atoms with Gasteiger partial charge in [-0.05, 0) is 37.6 Å². The zero-order chi connectivity index (χ0) is 19.6. The van der Waals surface area contributed by atoms with Gasteiger partial charge < -0.3 is 5.32 Å². The Morgan fingerprint density at radius 3 is 2.48 bits per heavy atom. The Labute approximate surface area is 158 Å². The van der Waals surface area contributed by atoms with Crippen LogP contribution in [0.4, 0.5) is 0 Å². The maximum Gasteiger partial charge on any atom is 0.272 e. The van der Waals surface area contributed by atoms with Gasteiger partial charge in [0, 0.05) is 25.0 Å². The molecule has 142 valence electrons. The number of carbonyl (C=O) groups is 1. The van der Waals surface area contributed by atoms with Gasteiger partial charge in [0.2, 0.25) is 10.0 Å². The van der Waals surface area contributed by atoms with Crippen LogP contribution in [0.15, 0.2) is 53.4 Å². The molecule has 1 heterocycles. The van der Waals surface area contributed by atoms with Crippen LogP contribution in [0, 0.1) is 0 Å². The molecule has 27 heavy (non-hydrogen) atoms. The molecular weight excluding hydrogens is 364 g/mol. The van der Waals surface area contributed by atoms with Crippen molar-refractivity contribution in [1.82, 2.24) is 19.8 Å². The molecule has 3 rings (SSSR count). The first-order chi connectivity index (χ1) is 12.8. The highest BCUT2D eigenvalue weighted by Gasteiger charge is 2.22. The highest BCUT2D eigenvalue weighted by atomic mass is 32.2. The van der Waals surface area contributed by atoms with E-state index in [1.165, 1.54) is 4.31 Å². The van der Waals surface area contributed by atoms with Crippen molar-refractivity contribution in [2.75, 3.05) is 7.05 Å². The van der Waals surface area contributed by atoms with Crippen molar-refractivity contribution in [1.29, 1.82) is 0 Å². The van der Waals surface area contributed by atoms with Gasteiger partial charge in [-0.2, -0.15) is 9.40 Å². The molecule has 0 spiro atoms. The normalized spacial score (nSPS) is 12.0. The zero-order valence-corrected chi connectivity index (χ0v) is 16.2. The lowest BCUT2D eigenvalue weighted by Crippen LogP contribution is -2.33. The maximum absolute atomic E-state index is 12.5. The van der Waals surface area contributed by atoms with E-state index in [-0.39, 0.29) is 23.4 Å². The van der Waals surface area contributed by atoms with Crippen LogP contribution in [0.1, 0.15) is 29.9 Å². The highest BCUT2D eigenvalue weighted by molar-refractivity contribution is 7.89. The number of para-hydroxylation sites is 1. The molecule has 0 fully saturated rings. The Kier molecular flexibility index (Phi) is 5.29. The molecule has 2 aromatic carbocycles. The van der Waals surface area contributed by atoms with Gasteiger partial charge in [-0.25, -0.2) is 8.42 Å². The third kappa shape index (κ3) is 3.86. The molecule has 0 aliphatic rings. The fourth-order valence-electron chi connectivity index (χ4n) is 2.63. The zero-order valence-electron chi connectivity index (χ0n) is 15.4. The molecule has 7 nitrogen and oxygen atoms in total. The average molecular weight is 386 g/mol. The smallest absolute Gasteiger partial charge is 0.272 e. The Bertz CT molecular complexity index is 1060. The largest absolute Gasteiger partial charge is 0.347 e. The molecule has 0 atom stereocenters. The Morgan fingerprint density at radius 2 is 1.81 bits per heavy atom. The number of amides is 1. The van der Waals surface area contributed by atoms with Crippen molar-refractivity contribution in [3.8, 4) is 0 Å². The second kappa shape index (κ2) is 7.50. The van der Waals surface area contributed by atoms with E-state index in [1.54, 1.807) is 31.3 Å². The van der Waals surface area contributed by atoms with Gasteiger partial charge in [0.15, 0.2) is 5.69 Å². The van der Waals surface area contributed by atoms with Crippen LogP contribution in [0.25, 0.3) is 10.9 Å². The average Bonchev–Trinajstić information content (AvgIpc) is 3.10. The van der Waals surface area contributed by atoms with Crippen LogP contribution in [0.5, 0.6) is 0 Å². The number of sulfonamides is 1. The van der Waals surface area contributed by atoms with Crippen LogP contribution in [0.2, 0.25) is 0 Å². The first-order valence-corrected chi connectivity index (χ1v) is 10.0. The Morgan fingerprint density at radius 1 is 1.15 bits per heavy atom. The van der Waals surface area contributed by atoms with E-state index in [1.807, 2.05) is 38.1 Å². The number of aromatic amines is 1. The summed E-state index contributed by atoms with van der Waals surface area (Å²) in [6.45, 7) is 3.92. The molecule has 0 aliphatic carbocycles. The molecule has 3 aromatic rings. The number of nitrogens with one attached hydrogen (secondary N) is 2. The summed E-state index contributed by atoms with van der Waals surface area (Å²) >= 11 is 0. The number of nitrogens with zero attached hydrogens (tertiary/aromatic N) is 2. The molecule has 1 aromatic heterocycles. The summed E-state index contributed by atoms with van der Waals surface area (Å²) in [5.41, 5.74) is 1.93. The number of rotatable bonds is 6. The third-order valence-electron chi connectivity index (χ3n) is 4.47. The van der Waals surface area contributed by atoms with E-state index in [4.69, 9.17) is 0 Å². The topological polar surface area (TPSA) is 95.2 Å². The van der Waals surface area contributed by atoms with Gasteiger partial charge in [0.25, 0.3) is 5.91 Å². The second-order valence-corrected chi connectivity index (χ2v) is 8.56. The summed E-state index contributed by atoms with van der Waals surface area (Å²) in [7, 11) is -1.96. The number of aromatic nitrogens is 2. The molecule has 1 amide bonds. The fourth-order valence-corrected chi connectivity index (χ4v) is 3.99. The summed E-state index contributed by atoms with van der Waals surface area (Å²) in [4.78, 5) is 12.6. The minimum Gasteiger partial charge on any atom is -0.347 e. The van der Waals surface area contributed by atoms with E-state index < -0.39 is 10.0 Å². The van der Waals surface area contributed by atoms with E-state index in [0.29, 0.717) is 5.69 Å². The highest BCUT2D eigenvalue weighted by Crippen LogP contribution is 2.18. The van der Waals surface area contributed by atoms with E-state index in [0.717, 1.165) is 16.5 Å². The van der Waals surface area contributed by atoms with Crippen LogP contribution >= 0.6 is 0 Å². The van der Waals surface area contributed by atoms with Crippen molar-refractivity contribution in [2.24, 2.45) is 0 Å². The van der Waals surface area contributed by atoms with Crippen molar-refractivity contribution in [2.45, 2.75) is 31.3 Å². The molecular formula is C19H22N4O3S. The van der Waals surface area contributed by atoms with Crippen molar-refractivity contribution in [3.63, 3.8) is 0 Å². The third-order valence-corrected chi connectivity index (χ3v) is 6.51. The molecule has 0 radical (unpaired) electrons. The van der Waals surface area contributed by atoms with Gasteiger partial charge in [-0.1, -0.05) is 30.3 Å². The van der Waals surface area contributed by atoms with E-state index >= 15 is 0 Å². The Hall–Kier alpha value is -2.71. The quantitative estimate of drug-likeness (QED) is 0.680. The van der Waals surface area contributed by atoms with Crippen LogP contribution in [-0.4, -0.2) is 41.9 Å². The van der Waals surface area contributed by atoms with Gasteiger partial charge in [-0.3, -0.25) is 9.89 Å². The van der Waals surface area contributed by atoms with Crippen molar-refractivity contribution >= 4 is 26.8 Å². The molecule has 2 N–H and O–H groups in total. The van der Waals surface area contributed by atoms with Crippen LogP contribution in [-0.2, 0) is 16.6 Å². The molecule has 0 saturated heterocycles. The molecule has 0 saturated carbocycles. The minimum atomic E-state index is -3.51. The summed E-state index contributed by atoms with van der Waals surface area (Å²) < 4.78 is 26.3. The minimum absolute atomic E-state index is 0.127. The molecule has 0 aliphatic heterocycles. The van der Waals surface area contributed by atoms with Crippen LogP contribution < -0.4 is 5.32 Å². The number of hydrogen-bond donors (Lipinski definition) is 2. The predicted octanol–water partition coefficient (Wildman–Crippen LogP) is 2.52. The van der Waals surface area contributed by atoms with E-state index in [2.05, 4.69) is 15.5 Å². The van der Waals surface area contributed by atoms with Crippen molar-refractivity contribution in [3.05, 3.63) is 59.8 Å². The SMILES string of the molecule is CC(C)N(C)S(=O)(=O)c1ccc(CNC(=O)c2n[nH]c3ccccc23)cc1. The monoisotopic (exact) mass is 386 g/mol. The number of benzene rings is 2. The first-order valence-electron chi connectivity index (χ1n) is 8.59. The number of carbonyl (C=O) groups excluding carboxylic acids is 1. The number of hydrogen-bond acceptors (Lipinski definition) is 4. The lowest BCUT2D eigenvalue weighted by molar-refractivity contribution is 0.0947. The number of H-pyrrole nitrogens is 1. The second-order valence-electron chi connectivity index (χ2n) is 6.56.